The highest BCUT2D eigenvalue weighted by molar-refractivity contribution is 8.13. The lowest BCUT2D eigenvalue weighted by atomic mass is 10.00. The molecular formula is C11H18O5S. The Morgan fingerprint density at radius 3 is 2.06 bits per heavy atom. The van der Waals surface area contributed by atoms with Gasteiger partial charge in [-0.15, -0.1) is 0 Å². The second kappa shape index (κ2) is 6.64. The van der Waals surface area contributed by atoms with Gasteiger partial charge < -0.3 is 10.2 Å². The van der Waals surface area contributed by atoms with E-state index in [1.807, 2.05) is 0 Å². The zero-order valence-electron chi connectivity index (χ0n) is 10.2. The highest BCUT2D eigenvalue weighted by atomic mass is 32.2. The van der Waals surface area contributed by atoms with Gasteiger partial charge in [0.2, 0.25) is 0 Å². The predicted octanol–water partition coefficient (Wildman–Crippen LogP) is 1.86. The van der Waals surface area contributed by atoms with Crippen LogP contribution in [-0.4, -0.2) is 33.0 Å². The van der Waals surface area contributed by atoms with Crippen molar-refractivity contribution in [2.75, 3.05) is 5.75 Å². The number of carbonyl (C=O) groups excluding carboxylic acids is 1. The second-order valence-electron chi connectivity index (χ2n) is 4.82. The van der Waals surface area contributed by atoms with Gasteiger partial charge >= 0.3 is 11.9 Å². The maximum atomic E-state index is 11.6. The first-order valence-corrected chi connectivity index (χ1v) is 6.25. The largest absolute Gasteiger partial charge is 0.481 e. The van der Waals surface area contributed by atoms with Gasteiger partial charge in [0.25, 0.3) is 0 Å². The summed E-state index contributed by atoms with van der Waals surface area (Å²) in [4.78, 5) is 32.8. The molecule has 0 aromatic carbocycles. The SMILES string of the molecule is CC(C)(C)C(=O)SCC(CCC(=O)O)C(=O)O. The van der Waals surface area contributed by atoms with Gasteiger partial charge in [-0.25, -0.2) is 0 Å². The number of carboxylic acids is 2. The van der Waals surface area contributed by atoms with E-state index in [2.05, 4.69) is 0 Å². The van der Waals surface area contributed by atoms with Crippen LogP contribution in [0.15, 0.2) is 0 Å². The number of hydrogen-bond acceptors (Lipinski definition) is 4. The highest BCUT2D eigenvalue weighted by Crippen LogP contribution is 2.25. The van der Waals surface area contributed by atoms with Gasteiger partial charge in [-0.2, -0.15) is 0 Å². The Morgan fingerprint density at radius 2 is 1.71 bits per heavy atom. The Bertz CT molecular complexity index is 305. The number of thioether (sulfide) groups is 1. The Labute approximate surface area is 105 Å². The molecule has 0 amide bonds. The molecule has 0 saturated heterocycles. The van der Waals surface area contributed by atoms with Crippen molar-refractivity contribution in [3.63, 3.8) is 0 Å². The molecule has 0 aliphatic heterocycles. The van der Waals surface area contributed by atoms with Crippen molar-refractivity contribution in [3.05, 3.63) is 0 Å². The summed E-state index contributed by atoms with van der Waals surface area (Å²) in [5, 5.41) is 17.3. The average Bonchev–Trinajstić information content (AvgIpc) is 2.14. The molecule has 17 heavy (non-hydrogen) atoms. The third-order valence-electron chi connectivity index (χ3n) is 2.08. The van der Waals surface area contributed by atoms with Crippen LogP contribution in [0, 0.1) is 11.3 Å². The standard InChI is InChI=1S/C11H18O5S/c1-11(2,3)10(16)17-6-7(9(14)15)4-5-8(12)13/h7H,4-6H2,1-3H3,(H,12,13)(H,14,15). The lowest BCUT2D eigenvalue weighted by molar-refractivity contribution is -0.142. The van der Waals surface area contributed by atoms with Crippen molar-refractivity contribution < 1.29 is 24.6 Å². The van der Waals surface area contributed by atoms with Gasteiger partial charge in [0, 0.05) is 17.6 Å². The van der Waals surface area contributed by atoms with Crippen molar-refractivity contribution in [1.82, 2.24) is 0 Å². The maximum Gasteiger partial charge on any atom is 0.307 e. The lowest BCUT2D eigenvalue weighted by Gasteiger charge is -2.17. The van der Waals surface area contributed by atoms with Crippen molar-refractivity contribution in [1.29, 1.82) is 0 Å². The highest BCUT2D eigenvalue weighted by Gasteiger charge is 2.25. The van der Waals surface area contributed by atoms with Crippen LogP contribution in [0.5, 0.6) is 0 Å². The molecule has 0 aromatic heterocycles. The molecular weight excluding hydrogens is 244 g/mol. The number of rotatable bonds is 6. The summed E-state index contributed by atoms with van der Waals surface area (Å²) >= 11 is 0.959. The van der Waals surface area contributed by atoms with E-state index in [9.17, 15) is 14.4 Å². The van der Waals surface area contributed by atoms with E-state index in [0.717, 1.165) is 11.8 Å². The summed E-state index contributed by atoms with van der Waals surface area (Å²) in [5.74, 6) is -2.75. The number of aliphatic carboxylic acids is 2. The normalized spacial score (nSPS) is 13.1. The summed E-state index contributed by atoms with van der Waals surface area (Å²) in [6.07, 6.45) is -0.143. The molecule has 1 atom stereocenters. The third-order valence-corrected chi connectivity index (χ3v) is 3.53. The van der Waals surface area contributed by atoms with Crippen LogP contribution in [0.1, 0.15) is 33.6 Å². The Morgan fingerprint density at radius 1 is 1.18 bits per heavy atom. The topological polar surface area (TPSA) is 91.7 Å². The van der Waals surface area contributed by atoms with E-state index in [4.69, 9.17) is 10.2 Å². The molecule has 98 valence electrons. The minimum atomic E-state index is -1.06. The summed E-state index contributed by atoms with van der Waals surface area (Å²) in [5.41, 5.74) is -0.513. The molecule has 0 heterocycles. The summed E-state index contributed by atoms with van der Waals surface area (Å²) in [6, 6.07) is 0. The van der Waals surface area contributed by atoms with Crippen molar-refractivity contribution in [3.8, 4) is 0 Å². The molecule has 0 aromatic rings. The van der Waals surface area contributed by atoms with E-state index in [1.165, 1.54) is 0 Å². The van der Waals surface area contributed by atoms with Crippen LogP contribution >= 0.6 is 11.8 Å². The fourth-order valence-electron chi connectivity index (χ4n) is 0.969. The smallest absolute Gasteiger partial charge is 0.307 e. The fourth-order valence-corrected chi connectivity index (χ4v) is 2.06. The average molecular weight is 262 g/mol. The van der Waals surface area contributed by atoms with Crippen LogP contribution in [-0.2, 0) is 14.4 Å². The molecule has 0 aliphatic rings. The minimum absolute atomic E-state index is 0.0507. The zero-order valence-corrected chi connectivity index (χ0v) is 11.0. The van der Waals surface area contributed by atoms with Crippen LogP contribution in [0.2, 0.25) is 0 Å². The van der Waals surface area contributed by atoms with Crippen LogP contribution in [0.25, 0.3) is 0 Å². The Hall–Kier alpha value is -1.04. The van der Waals surface area contributed by atoms with Crippen molar-refractivity contribution in [2.45, 2.75) is 33.6 Å². The quantitative estimate of drug-likeness (QED) is 0.759. The van der Waals surface area contributed by atoms with Crippen molar-refractivity contribution >= 4 is 28.8 Å². The lowest BCUT2D eigenvalue weighted by Crippen LogP contribution is -2.22. The number of carbonyl (C=O) groups is 3. The van der Waals surface area contributed by atoms with Crippen LogP contribution < -0.4 is 0 Å². The van der Waals surface area contributed by atoms with Gasteiger partial charge in [-0.05, 0) is 6.42 Å². The molecule has 0 aliphatic carbocycles. The Kier molecular flexibility index (Phi) is 6.23. The zero-order chi connectivity index (χ0) is 13.6. The molecule has 2 N–H and O–H groups in total. The molecule has 0 radical (unpaired) electrons. The summed E-state index contributed by atoms with van der Waals surface area (Å²) in [7, 11) is 0. The minimum Gasteiger partial charge on any atom is -0.481 e. The van der Waals surface area contributed by atoms with Gasteiger partial charge in [-0.1, -0.05) is 32.5 Å². The van der Waals surface area contributed by atoms with Gasteiger partial charge in [-0.3, -0.25) is 14.4 Å². The van der Waals surface area contributed by atoms with E-state index in [0.29, 0.717) is 0 Å². The Balaban J connectivity index is 4.24. The first kappa shape index (κ1) is 16.0. The van der Waals surface area contributed by atoms with Crippen molar-refractivity contribution in [2.24, 2.45) is 11.3 Å². The summed E-state index contributed by atoms with van der Waals surface area (Å²) in [6.45, 7) is 5.28. The van der Waals surface area contributed by atoms with Crippen LogP contribution in [0.3, 0.4) is 0 Å². The van der Waals surface area contributed by atoms with Gasteiger partial charge in [0.1, 0.15) is 0 Å². The number of hydrogen-bond donors (Lipinski definition) is 2. The van der Waals surface area contributed by atoms with E-state index < -0.39 is 23.3 Å². The van der Waals surface area contributed by atoms with E-state index >= 15 is 0 Å². The van der Waals surface area contributed by atoms with Gasteiger partial charge in [0.15, 0.2) is 5.12 Å². The molecule has 0 spiro atoms. The molecule has 1 unspecified atom stereocenters. The molecule has 0 fully saturated rings. The fraction of sp³-hybridized carbons (Fsp3) is 0.727. The number of carboxylic acid groups (broad SMARTS) is 2. The molecule has 0 rings (SSSR count). The molecule has 0 bridgehead atoms. The maximum absolute atomic E-state index is 11.6. The first-order valence-electron chi connectivity index (χ1n) is 5.26. The van der Waals surface area contributed by atoms with Gasteiger partial charge in [0.05, 0.1) is 5.92 Å². The second-order valence-corrected chi connectivity index (χ2v) is 5.81. The van der Waals surface area contributed by atoms with Crippen LogP contribution in [0.4, 0.5) is 0 Å². The summed E-state index contributed by atoms with van der Waals surface area (Å²) < 4.78 is 0. The molecule has 5 nitrogen and oxygen atoms in total. The van der Waals surface area contributed by atoms with E-state index in [-0.39, 0.29) is 23.7 Å². The first-order chi connectivity index (χ1) is 7.64. The molecule has 0 saturated carbocycles. The molecule has 6 heteroatoms. The van der Waals surface area contributed by atoms with E-state index in [1.54, 1.807) is 20.8 Å². The third kappa shape index (κ3) is 6.99. The predicted molar refractivity (Wildman–Crippen MR) is 64.9 cm³/mol. The monoisotopic (exact) mass is 262 g/mol.